The number of carbonyl (C=O) groups excluding carboxylic acids is 3. The molecule has 2 N–H and O–H groups in total. The van der Waals surface area contributed by atoms with Crippen molar-refractivity contribution in [1.29, 1.82) is 5.26 Å². The van der Waals surface area contributed by atoms with E-state index in [0.717, 1.165) is 11.8 Å². The van der Waals surface area contributed by atoms with Crippen molar-refractivity contribution in [3.05, 3.63) is 70.5 Å². The molecule has 2 amide bonds. The zero-order valence-electron chi connectivity index (χ0n) is 18.5. The third-order valence-electron chi connectivity index (χ3n) is 5.02. The van der Waals surface area contributed by atoms with Crippen molar-refractivity contribution >= 4 is 35.2 Å². The summed E-state index contributed by atoms with van der Waals surface area (Å²) in [6.45, 7) is 1.69. The van der Waals surface area contributed by atoms with Gasteiger partial charge in [0.25, 0.3) is 0 Å². The van der Waals surface area contributed by atoms with Crippen molar-refractivity contribution < 1.29 is 28.2 Å². The first kappa shape index (κ1) is 24.8. The van der Waals surface area contributed by atoms with Gasteiger partial charge in [0.1, 0.15) is 17.5 Å². The molecule has 10 heteroatoms. The summed E-state index contributed by atoms with van der Waals surface area (Å²) >= 11 is 0.949. The molecule has 0 saturated heterocycles. The second-order valence-electron chi connectivity index (χ2n) is 7.14. The van der Waals surface area contributed by atoms with Gasteiger partial charge >= 0.3 is 5.97 Å². The molecule has 1 aliphatic heterocycles. The smallest absolute Gasteiger partial charge is 0.319 e. The number of para-hydroxylation sites is 1. The second kappa shape index (κ2) is 11.3. The van der Waals surface area contributed by atoms with Gasteiger partial charge in [0.2, 0.25) is 11.8 Å². The maximum absolute atomic E-state index is 13.1. The summed E-state index contributed by atoms with van der Waals surface area (Å²) in [5.41, 5.74) is 0.994. The largest absolute Gasteiger partial charge is 0.496 e. The molecule has 3 rings (SSSR count). The molecule has 176 valence electrons. The Labute approximate surface area is 200 Å². The van der Waals surface area contributed by atoms with E-state index in [9.17, 15) is 24.0 Å². The number of anilines is 1. The Hall–Kier alpha value is -3.84. The van der Waals surface area contributed by atoms with Crippen LogP contribution in [-0.4, -0.2) is 37.3 Å². The van der Waals surface area contributed by atoms with E-state index in [1.807, 2.05) is 0 Å². The Morgan fingerprint density at radius 2 is 1.91 bits per heavy atom. The number of nitrogens with one attached hydrogen (secondary N) is 2. The number of esters is 1. The van der Waals surface area contributed by atoms with E-state index in [1.54, 1.807) is 31.2 Å². The zero-order chi connectivity index (χ0) is 24.7. The fraction of sp³-hybridized carbons (Fsp3) is 0.250. The van der Waals surface area contributed by atoms with Gasteiger partial charge in [-0.25, -0.2) is 4.39 Å². The fourth-order valence-electron chi connectivity index (χ4n) is 3.55. The Kier molecular flexibility index (Phi) is 8.27. The number of nitrogens with zero attached hydrogens (tertiary/aromatic N) is 1. The van der Waals surface area contributed by atoms with Crippen LogP contribution in [0.3, 0.4) is 0 Å². The van der Waals surface area contributed by atoms with E-state index < -0.39 is 35.4 Å². The SMILES string of the molecule is CCOC(=O)[C@@H]1C(=O)NC(SCC(=O)Nc2ccc(F)cc2)=C(C#N)[C@H]1c1ccccc1OC. The summed E-state index contributed by atoms with van der Waals surface area (Å²) in [5, 5.41) is 15.4. The highest BCUT2D eigenvalue weighted by molar-refractivity contribution is 8.03. The predicted molar refractivity (Wildman–Crippen MR) is 124 cm³/mol. The molecule has 1 aliphatic rings. The molecule has 2 aromatic rings. The molecule has 0 saturated carbocycles. The first-order chi connectivity index (χ1) is 16.4. The molecule has 0 unspecified atom stereocenters. The first-order valence-electron chi connectivity index (χ1n) is 10.3. The van der Waals surface area contributed by atoms with Gasteiger partial charge in [-0.1, -0.05) is 30.0 Å². The molecule has 0 aromatic heterocycles. The van der Waals surface area contributed by atoms with Crippen LogP contribution in [0, 0.1) is 23.1 Å². The molecule has 1 heterocycles. The van der Waals surface area contributed by atoms with Gasteiger partial charge in [-0.15, -0.1) is 0 Å². The highest BCUT2D eigenvalue weighted by Crippen LogP contribution is 2.43. The van der Waals surface area contributed by atoms with Gasteiger partial charge in [0.15, 0.2) is 0 Å². The average Bonchev–Trinajstić information content (AvgIpc) is 2.83. The number of hydrogen-bond acceptors (Lipinski definition) is 7. The van der Waals surface area contributed by atoms with Crippen molar-refractivity contribution in [2.45, 2.75) is 12.8 Å². The van der Waals surface area contributed by atoms with Crippen LogP contribution in [0.5, 0.6) is 5.75 Å². The summed E-state index contributed by atoms with van der Waals surface area (Å²) in [6.07, 6.45) is 0. The number of methoxy groups -OCH3 is 1. The maximum atomic E-state index is 13.1. The molecule has 2 atom stereocenters. The number of rotatable bonds is 8. The predicted octanol–water partition coefficient (Wildman–Crippen LogP) is 3.33. The van der Waals surface area contributed by atoms with Crippen molar-refractivity contribution in [2.24, 2.45) is 5.92 Å². The number of allylic oxidation sites excluding steroid dienone is 1. The monoisotopic (exact) mass is 483 g/mol. The average molecular weight is 484 g/mol. The van der Waals surface area contributed by atoms with Gasteiger partial charge < -0.3 is 20.1 Å². The third kappa shape index (κ3) is 5.55. The lowest BCUT2D eigenvalue weighted by atomic mass is 9.78. The van der Waals surface area contributed by atoms with Crippen molar-refractivity contribution in [3.8, 4) is 11.8 Å². The Morgan fingerprint density at radius 3 is 2.56 bits per heavy atom. The molecule has 0 radical (unpaired) electrons. The molecule has 0 bridgehead atoms. The van der Waals surface area contributed by atoms with Gasteiger partial charge in [-0.3, -0.25) is 14.4 Å². The number of thioether (sulfide) groups is 1. The Balaban J connectivity index is 1.93. The van der Waals surface area contributed by atoms with E-state index in [-0.39, 0.29) is 23.0 Å². The number of nitriles is 1. The summed E-state index contributed by atoms with van der Waals surface area (Å²) < 4.78 is 23.6. The number of halogens is 1. The zero-order valence-corrected chi connectivity index (χ0v) is 19.3. The second-order valence-corrected chi connectivity index (χ2v) is 8.12. The van der Waals surface area contributed by atoms with E-state index in [2.05, 4.69) is 16.7 Å². The highest BCUT2D eigenvalue weighted by Gasteiger charge is 2.45. The van der Waals surface area contributed by atoms with E-state index in [0.29, 0.717) is 17.0 Å². The summed E-state index contributed by atoms with van der Waals surface area (Å²) in [5.74, 6) is -4.25. The van der Waals surface area contributed by atoms with E-state index >= 15 is 0 Å². The lowest BCUT2D eigenvalue weighted by Gasteiger charge is -2.31. The van der Waals surface area contributed by atoms with Crippen LogP contribution >= 0.6 is 11.8 Å². The van der Waals surface area contributed by atoms with Crippen LogP contribution in [-0.2, 0) is 19.1 Å². The number of amides is 2. The van der Waals surface area contributed by atoms with Gasteiger partial charge in [-0.2, -0.15) is 5.26 Å². The molecule has 34 heavy (non-hydrogen) atoms. The van der Waals surface area contributed by atoms with Crippen molar-refractivity contribution in [3.63, 3.8) is 0 Å². The summed E-state index contributed by atoms with van der Waals surface area (Å²) in [6, 6.07) is 14.1. The van der Waals surface area contributed by atoms with Crippen LogP contribution in [0.4, 0.5) is 10.1 Å². The fourth-order valence-corrected chi connectivity index (χ4v) is 4.40. The quantitative estimate of drug-likeness (QED) is 0.437. The summed E-state index contributed by atoms with van der Waals surface area (Å²) in [4.78, 5) is 38.1. The normalized spacial score (nSPS) is 17.4. The van der Waals surface area contributed by atoms with Crippen LogP contribution in [0.15, 0.2) is 59.1 Å². The lowest BCUT2D eigenvalue weighted by molar-refractivity contribution is -0.152. The van der Waals surface area contributed by atoms with Crippen LogP contribution in [0.2, 0.25) is 0 Å². The van der Waals surface area contributed by atoms with Gasteiger partial charge in [-0.05, 0) is 37.3 Å². The van der Waals surface area contributed by atoms with Gasteiger partial charge in [0, 0.05) is 17.2 Å². The Morgan fingerprint density at radius 1 is 1.21 bits per heavy atom. The van der Waals surface area contributed by atoms with Crippen LogP contribution < -0.4 is 15.4 Å². The minimum Gasteiger partial charge on any atom is -0.496 e. The first-order valence-corrected chi connectivity index (χ1v) is 11.3. The number of carbonyl (C=O) groups is 3. The van der Waals surface area contributed by atoms with E-state index in [4.69, 9.17) is 9.47 Å². The molecule has 0 spiro atoms. The maximum Gasteiger partial charge on any atom is 0.319 e. The third-order valence-corrected chi connectivity index (χ3v) is 6.04. The molecule has 0 aliphatic carbocycles. The number of hydrogen-bond donors (Lipinski definition) is 2. The summed E-state index contributed by atoms with van der Waals surface area (Å²) in [7, 11) is 1.45. The van der Waals surface area contributed by atoms with Crippen molar-refractivity contribution in [1.82, 2.24) is 5.32 Å². The molecular weight excluding hydrogens is 461 g/mol. The van der Waals surface area contributed by atoms with E-state index in [1.165, 1.54) is 31.4 Å². The highest BCUT2D eigenvalue weighted by atomic mass is 32.2. The molecule has 2 aromatic carbocycles. The standard InChI is InChI=1S/C24H22FN3O5S/c1-3-33-24(31)21-20(16-6-4-5-7-18(16)32-2)17(12-26)23(28-22(21)30)34-13-19(29)27-15-10-8-14(25)9-11-15/h4-11,20-21H,3,13H2,1-2H3,(H,27,29)(H,28,30)/t20-,21+/m1/s1. The molecule has 0 fully saturated rings. The molecule has 8 nitrogen and oxygen atoms in total. The minimum absolute atomic E-state index is 0.0675. The minimum atomic E-state index is -1.30. The Bertz CT molecular complexity index is 1160. The number of benzene rings is 2. The van der Waals surface area contributed by atoms with Gasteiger partial charge in [0.05, 0.1) is 36.1 Å². The van der Waals surface area contributed by atoms with Crippen molar-refractivity contribution in [2.75, 3.05) is 24.8 Å². The lowest BCUT2D eigenvalue weighted by Crippen LogP contribution is -2.44. The topological polar surface area (TPSA) is 118 Å². The van der Waals surface area contributed by atoms with Crippen LogP contribution in [0.25, 0.3) is 0 Å². The van der Waals surface area contributed by atoms with Crippen LogP contribution in [0.1, 0.15) is 18.4 Å². The number of ether oxygens (including phenoxy) is 2. The molecular formula is C24H22FN3O5S.